The van der Waals surface area contributed by atoms with Gasteiger partial charge in [0.15, 0.2) is 21.3 Å². The number of amides is 1. The highest BCUT2D eigenvalue weighted by Gasteiger charge is 2.33. The normalized spacial score (nSPS) is 19.7. The molecule has 1 amide bonds. The van der Waals surface area contributed by atoms with Crippen molar-refractivity contribution in [1.82, 2.24) is 15.3 Å². The van der Waals surface area contributed by atoms with Crippen molar-refractivity contribution in [2.75, 3.05) is 30.9 Å². The Morgan fingerprint density at radius 1 is 1.17 bits per heavy atom. The molecule has 9 nitrogen and oxygen atoms in total. The Morgan fingerprint density at radius 2 is 1.97 bits per heavy atom. The average molecular weight is 497 g/mol. The zero-order valence-electron chi connectivity index (χ0n) is 19.7. The largest absolute Gasteiger partial charge is 0.486 e. The van der Waals surface area contributed by atoms with Gasteiger partial charge in [-0.25, -0.2) is 18.4 Å². The van der Waals surface area contributed by atoms with Crippen molar-refractivity contribution in [3.63, 3.8) is 0 Å². The fourth-order valence-corrected chi connectivity index (χ4v) is 5.21. The van der Waals surface area contributed by atoms with Crippen molar-refractivity contribution in [3.8, 4) is 11.5 Å². The Hall–Kier alpha value is -3.40. The first-order chi connectivity index (χ1) is 16.8. The fraction of sp³-hybridized carbons (Fsp3) is 0.400. The van der Waals surface area contributed by atoms with Gasteiger partial charge >= 0.3 is 0 Å². The molecule has 184 valence electrons. The fourth-order valence-electron chi connectivity index (χ4n) is 4.57. The van der Waals surface area contributed by atoms with Gasteiger partial charge in [0, 0.05) is 31.2 Å². The molecule has 3 heterocycles. The quantitative estimate of drug-likeness (QED) is 0.555. The summed E-state index contributed by atoms with van der Waals surface area (Å²) >= 11 is 0. The second-order valence-electron chi connectivity index (χ2n) is 8.99. The predicted octanol–water partition coefficient (Wildman–Crippen LogP) is 2.66. The van der Waals surface area contributed by atoms with E-state index in [-0.39, 0.29) is 22.9 Å². The molecule has 0 bridgehead atoms. The van der Waals surface area contributed by atoms with Crippen LogP contribution in [0.25, 0.3) is 10.9 Å². The third-order valence-electron chi connectivity index (χ3n) is 6.42. The van der Waals surface area contributed by atoms with Gasteiger partial charge in [0.1, 0.15) is 18.8 Å². The Kier molecular flexibility index (Phi) is 6.22. The van der Waals surface area contributed by atoms with E-state index in [1.807, 2.05) is 36.1 Å². The van der Waals surface area contributed by atoms with Crippen LogP contribution in [-0.4, -0.2) is 62.4 Å². The monoisotopic (exact) mass is 496 g/mol. The van der Waals surface area contributed by atoms with E-state index in [9.17, 15) is 13.2 Å². The van der Waals surface area contributed by atoms with Gasteiger partial charge in [0.05, 0.1) is 16.1 Å². The summed E-state index contributed by atoms with van der Waals surface area (Å²) in [6.07, 6.45) is 3.23. The number of hydrogen-bond acceptors (Lipinski definition) is 8. The summed E-state index contributed by atoms with van der Waals surface area (Å²) in [6.45, 7) is 3.44. The number of sulfone groups is 1. The second kappa shape index (κ2) is 9.33. The highest BCUT2D eigenvalue weighted by Crippen LogP contribution is 2.31. The Labute approximate surface area is 204 Å². The van der Waals surface area contributed by atoms with Crippen LogP contribution < -0.4 is 19.7 Å². The lowest BCUT2D eigenvalue weighted by molar-refractivity contribution is -0.122. The van der Waals surface area contributed by atoms with Crippen LogP contribution in [-0.2, 0) is 14.6 Å². The number of anilines is 1. The molecule has 5 rings (SSSR count). The van der Waals surface area contributed by atoms with Crippen LogP contribution in [0.3, 0.4) is 0 Å². The molecule has 1 N–H and O–H groups in total. The highest BCUT2D eigenvalue weighted by atomic mass is 32.2. The lowest BCUT2D eigenvalue weighted by Gasteiger charge is -2.27. The number of rotatable bonds is 6. The molecule has 0 spiro atoms. The van der Waals surface area contributed by atoms with E-state index in [0.717, 1.165) is 29.0 Å². The van der Waals surface area contributed by atoms with Crippen LogP contribution in [0, 0.1) is 6.92 Å². The molecule has 10 heteroatoms. The smallest absolute Gasteiger partial charge is 0.242 e. The van der Waals surface area contributed by atoms with Gasteiger partial charge in [-0.05, 0) is 50.1 Å². The van der Waals surface area contributed by atoms with Gasteiger partial charge in [0.2, 0.25) is 11.9 Å². The van der Waals surface area contributed by atoms with Gasteiger partial charge in [-0.15, -0.1) is 0 Å². The molecule has 0 radical (unpaired) electrons. The van der Waals surface area contributed by atoms with Crippen molar-refractivity contribution in [2.45, 2.75) is 43.2 Å². The Bertz CT molecular complexity index is 1380. The summed E-state index contributed by atoms with van der Waals surface area (Å²) in [7, 11) is -3.36. The lowest BCUT2D eigenvalue weighted by Crippen LogP contribution is -2.45. The molecule has 0 saturated carbocycles. The summed E-state index contributed by atoms with van der Waals surface area (Å²) in [5, 5.41) is 3.81. The molecule has 2 aliphatic heterocycles. The molecule has 1 saturated heterocycles. The first-order valence-electron chi connectivity index (χ1n) is 11.7. The number of para-hydroxylation sites is 2. The Balaban J connectivity index is 1.26. The van der Waals surface area contributed by atoms with Crippen molar-refractivity contribution in [2.24, 2.45) is 0 Å². The van der Waals surface area contributed by atoms with E-state index in [0.29, 0.717) is 44.0 Å². The second-order valence-corrected chi connectivity index (χ2v) is 11.0. The van der Waals surface area contributed by atoms with Crippen LogP contribution in [0.1, 0.15) is 25.0 Å². The van der Waals surface area contributed by atoms with Crippen LogP contribution in [0.15, 0.2) is 47.4 Å². The van der Waals surface area contributed by atoms with E-state index in [4.69, 9.17) is 9.47 Å². The number of ether oxygens (including phenoxy) is 2. The molecule has 2 aliphatic rings. The highest BCUT2D eigenvalue weighted by molar-refractivity contribution is 7.90. The number of nitrogens with one attached hydrogen (secondary N) is 1. The van der Waals surface area contributed by atoms with Crippen molar-refractivity contribution >= 4 is 32.6 Å². The van der Waals surface area contributed by atoms with Crippen LogP contribution in [0.4, 0.5) is 5.95 Å². The van der Waals surface area contributed by atoms with Crippen molar-refractivity contribution < 1.29 is 22.7 Å². The predicted molar refractivity (Wildman–Crippen MR) is 132 cm³/mol. The van der Waals surface area contributed by atoms with E-state index in [1.165, 1.54) is 6.26 Å². The van der Waals surface area contributed by atoms with Crippen LogP contribution >= 0.6 is 0 Å². The number of carbonyl (C=O) groups excluding carboxylic acids is 1. The number of aryl methyl sites for hydroxylation is 1. The molecule has 1 aromatic heterocycles. The molecule has 2 atom stereocenters. The minimum atomic E-state index is -3.36. The maximum atomic E-state index is 13.0. The standard InChI is InChI=1S/C25H28N4O5S/c1-16-19-10-9-18(35(2,31)32)14-20(19)28-25(27-16)29-13-5-6-21(29)24(30)26-12-11-17-15-33-22-7-3-4-8-23(22)34-17/h3-4,7-10,14,17,21H,5-6,11-13,15H2,1-2H3,(H,26,30)/t17-,21-/m1/s1. The van der Waals surface area contributed by atoms with Gasteiger partial charge in [-0.1, -0.05) is 12.1 Å². The SMILES string of the molecule is Cc1nc(N2CCC[C@@H]2C(=O)NCC[C@@H]2COc3ccccc3O2)nc2cc(S(C)(=O)=O)ccc12. The minimum absolute atomic E-state index is 0.0779. The van der Waals surface area contributed by atoms with E-state index in [2.05, 4.69) is 15.3 Å². The maximum Gasteiger partial charge on any atom is 0.242 e. The molecule has 0 aliphatic carbocycles. The number of aromatic nitrogens is 2. The summed E-state index contributed by atoms with van der Waals surface area (Å²) in [5.74, 6) is 1.83. The number of hydrogen-bond donors (Lipinski definition) is 1. The van der Waals surface area contributed by atoms with Gasteiger partial charge in [0.25, 0.3) is 0 Å². The van der Waals surface area contributed by atoms with Gasteiger partial charge in [-0.3, -0.25) is 4.79 Å². The van der Waals surface area contributed by atoms with Crippen molar-refractivity contribution in [1.29, 1.82) is 0 Å². The minimum Gasteiger partial charge on any atom is -0.486 e. The first kappa shape index (κ1) is 23.3. The molecular formula is C25H28N4O5S. The summed E-state index contributed by atoms with van der Waals surface area (Å²) < 4.78 is 35.7. The van der Waals surface area contributed by atoms with Crippen LogP contribution in [0.2, 0.25) is 0 Å². The molecule has 1 fully saturated rings. The molecule has 3 aromatic rings. The molecule has 35 heavy (non-hydrogen) atoms. The zero-order valence-corrected chi connectivity index (χ0v) is 20.5. The van der Waals surface area contributed by atoms with E-state index in [1.54, 1.807) is 18.2 Å². The third-order valence-corrected chi connectivity index (χ3v) is 7.53. The number of benzene rings is 2. The average Bonchev–Trinajstić information content (AvgIpc) is 3.33. The molecule has 0 unspecified atom stereocenters. The van der Waals surface area contributed by atoms with E-state index >= 15 is 0 Å². The zero-order chi connectivity index (χ0) is 24.6. The molecule has 2 aromatic carbocycles. The number of carbonyl (C=O) groups is 1. The summed E-state index contributed by atoms with van der Waals surface area (Å²) in [4.78, 5) is 24.4. The first-order valence-corrected chi connectivity index (χ1v) is 13.6. The van der Waals surface area contributed by atoms with E-state index < -0.39 is 9.84 Å². The summed E-state index contributed by atoms with van der Waals surface area (Å²) in [5.41, 5.74) is 1.29. The summed E-state index contributed by atoms with van der Waals surface area (Å²) in [6, 6.07) is 12.0. The topological polar surface area (TPSA) is 111 Å². The number of fused-ring (bicyclic) bond motifs is 2. The van der Waals surface area contributed by atoms with Gasteiger partial charge < -0.3 is 19.7 Å². The number of nitrogens with zero attached hydrogens (tertiary/aromatic N) is 3. The third kappa shape index (κ3) is 4.88. The Morgan fingerprint density at radius 3 is 2.77 bits per heavy atom. The lowest BCUT2D eigenvalue weighted by atomic mass is 10.2. The van der Waals surface area contributed by atoms with Crippen LogP contribution in [0.5, 0.6) is 11.5 Å². The van der Waals surface area contributed by atoms with Crippen molar-refractivity contribution in [3.05, 3.63) is 48.2 Å². The van der Waals surface area contributed by atoms with Gasteiger partial charge in [-0.2, -0.15) is 0 Å². The molecular weight excluding hydrogens is 468 g/mol. The maximum absolute atomic E-state index is 13.0.